The van der Waals surface area contributed by atoms with Gasteiger partial charge in [-0.1, -0.05) is 84.1 Å². The fourth-order valence-corrected chi connectivity index (χ4v) is 5.32. The van der Waals surface area contributed by atoms with Gasteiger partial charge in [0.25, 0.3) is 5.56 Å². The summed E-state index contributed by atoms with van der Waals surface area (Å²) in [6, 6.07) is 27.3. The minimum atomic E-state index is -0.703. The number of carbonyl (C=O) groups is 1. The molecule has 4 aromatic rings. The van der Waals surface area contributed by atoms with E-state index in [1.807, 2.05) is 78.9 Å². The molecule has 8 heteroatoms. The predicted molar refractivity (Wildman–Crippen MR) is 145 cm³/mol. The molecule has 0 unspecified atom stereocenters. The molecule has 0 saturated heterocycles. The number of hydrogen-bond donors (Lipinski definition) is 0. The Balaban J connectivity index is 1.73. The summed E-state index contributed by atoms with van der Waals surface area (Å²) in [7, 11) is 0. The maximum Gasteiger partial charge on any atom is 0.338 e. The van der Waals surface area contributed by atoms with Crippen LogP contribution in [0.4, 0.5) is 0 Å². The van der Waals surface area contributed by atoms with Gasteiger partial charge in [0.05, 0.1) is 28.5 Å². The summed E-state index contributed by atoms with van der Waals surface area (Å²) in [4.78, 5) is 32.6. The lowest BCUT2D eigenvalue weighted by Crippen LogP contribution is -2.39. The maximum atomic E-state index is 13.8. The highest BCUT2D eigenvalue weighted by Crippen LogP contribution is 2.35. The topological polar surface area (TPSA) is 93.7 Å². The number of ether oxygens (including phenoxy) is 2. The zero-order valence-electron chi connectivity index (χ0n) is 20.5. The van der Waals surface area contributed by atoms with Gasteiger partial charge in [0, 0.05) is 5.56 Å². The summed E-state index contributed by atoms with van der Waals surface area (Å²) in [5.41, 5.74) is 2.91. The van der Waals surface area contributed by atoms with E-state index < -0.39 is 12.0 Å². The summed E-state index contributed by atoms with van der Waals surface area (Å²) in [6.45, 7) is 1.92. The molecular weight excluding hydrogens is 498 g/mol. The first-order valence-corrected chi connectivity index (χ1v) is 12.9. The number of nitrogens with zero attached hydrogens (tertiary/aromatic N) is 3. The normalized spacial score (nSPS) is 14.8. The quantitative estimate of drug-likeness (QED) is 0.345. The van der Waals surface area contributed by atoms with Crippen LogP contribution in [0.2, 0.25) is 0 Å². The molecule has 1 atom stereocenters. The van der Waals surface area contributed by atoms with Gasteiger partial charge in [-0.2, -0.15) is 5.26 Å². The molecule has 1 aliphatic heterocycles. The van der Waals surface area contributed by atoms with Crippen LogP contribution >= 0.6 is 11.3 Å². The van der Waals surface area contributed by atoms with Gasteiger partial charge in [-0.3, -0.25) is 9.36 Å². The van der Waals surface area contributed by atoms with E-state index in [1.165, 1.54) is 11.3 Å². The number of thiazole rings is 1. The maximum absolute atomic E-state index is 13.8. The SMILES string of the molecule is CCOC(=O)C1=C(c2ccccc2)N=c2s/c(=C\c3ccc(OCC#N)cc3)c(=O)n2[C@H]1c1ccccc1. The first-order chi connectivity index (χ1) is 18.6. The van der Waals surface area contributed by atoms with Crippen molar-refractivity contribution in [3.05, 3.63) is 127 Å². The van der Waals surface area contributed by atoms with Crippen molar-refractivity contribution < 1.29 is 14.3 Å². The molecule has 0 N–H and O–H groups in total. The Morgan fingerprint density at radius 2 is 1.74 bits per heavy atom. The summed E-state index contributed by atoms with van der Waals surface area (Å²) >= 11 is 1.27. The minimum Gasteiger partial charge on any atom is -0.479 e. The lowest BCUT2D eigenvalue weighted by atomic mass is 9.93. The molecule has 5 rings (SSSR count). The molecule has 1 aromatic heterocycles. The van der Waals surface area contributed by atoms with Crippen molar-refractivity contribution in [2.45, 2.75) is 13.0 Å². The average Bonchev–Trinajstić information content (AvgIpc) is 3.27. The number of carbonyl (C=O) groups excluding carboxylic acids is 1. The van der Waals surface area contributed by atoms with Crippen LogP contribution in [-0.4, -0.2) is 23.8 Å². The summed E-state index contributed by atoms with van der Waals surface area (Å²) in [5.74, 6) is 0.0620. The number of nitriles is 1. The molecule has 0 aliphatic carbocycles. The van der Waals surface area contributed by atoms with E-state index in [2.05, 4.69) is 0 Å². The first kappa shape index (κ1) is 24.9. The van der Waals surface area contributed by atoms with Crippen molar-refractivity contribution >= 4 is 29.1 Å². The van der Waals surface area contributed by atoms with Crippen LogP contribution in [0.5, 0.6) is 5.75 Å². The second kappa shape index (κ2) is 11.1. The van der Waals surface area contributed by atoms with E-state index in [1.54, 1.807) is 29.7 Å². The summed E-state index contributed by atoms with van der Waals surface area (Å²) in [5, 5.41) is 8.71. The third-order valence-corrected chi connectivity index (χ3v) is 6.95. The number of fused-ring (bicyclic) bond motifs is 1. The van der Waals surface area contributed by atoms with Crippen molar-refractivity contribution in [2.24, 2.45) is 4.99 Å². The molecule has 0 saturated carbocycles. The molecule has 1 aliphatic rings. The van der Waals surface area contributed by atoms with Gasteiger partial charge in [-0.15, -0.1) is 0 Å². The van der Waals surface area contributed by atoms with Crippen molar-refractivity contribution in [3.63, 3.8) is 0 Å². The molecule has 7 nitrogen and oxygen atoms in total. The Morgan fingerprint density at radius 1 is 1.05 bits per heavy atom. The van der Waals surface area contributed by atoms with E-state index >= 15 is 0 Å². The third kappa shape index (κ3) is 4.92. The van der Waals surface area contributed by atoms with Crippen molar-refractivity contribution in [2.75, 3.05) is 13.2 Å². The van der Waals surface area contributed by atoms with E-state index in [0.717, 1.165) is 16.7 Å². The van der Waals surface area contributed by atoms with Gasteiger partial charge in [0.15, 0.2) is 11.4 Å². The van der Waals surface area contributed by atoms with E-state index in [4.69, 9.17) is 19.7 Å². The molecule has 0 spiro atoms. The summed E-state index contributed by atoms with van der Waals surface area (Å²) < 4.78 is 12.8. The number of rotatable bonds is 7. The van der Waals surface area contributed by atoms with Gasteiger partial charge in [-0.05, 0) is 36.3 Å². The van der Waals surface area contributed by atoms with Crippen LogP contribution in [0.25, 0.3) is 11.8 Å². The van der Waals surface area contributed by atoms with Crippen molar-refractivity contribution in [3.8, 4) is 11.8 Å². The molecule has 2 heterocycles. The largest absolute Gasteiger partial charge is 0.479 e. The van der Waals surface area contributed by atoms with Crippen LogP contribution < -0.4 is 19.6 Å². The van der Waals surface area contributed by atoms with Crippen LogP contribution in [0, 0.1) is 11.3 Å². The van der Waals surface area contributed by atoms with Crippen LogP contribution in [-0.2, 0) is 9.53 Å². The van der Waals surface area contributed by atoms with E-state index in [-0.39, 0.29) is 18.8 Å². The Kier molecular flexibility index (Phi) is 7.29. The number of aromatic nitrogens is 1. The molecular formula is C30H23N3O4S. The van der Waals surface area contributed by atoms with E-state index in [9.17, 15) is 9.59 Å². The Labute approximate surface area is 222 Å². The average molecular weight is 522 g/mol. The second-order valence-electron chi connectivity index (χ2n) is 8.36. The highest BCUT2D eigenvalue weighted by atomic mass is 32.1. The molecule has 0 fully saturated rings. The van der Waals surface area contributed by atoms with Gasteiger partial charge >= 0.3 is 5.97 Å². The summed E-state index contributed by atoms with van der Waals surface area (Å²) in [6.07, 6.45) is 1.79. The molecule has 188 valence electrons. The zero-order chi connectivity index (χ0) is 26.5. The fraction of sp³-hybridized carbons (Fsp3) is 0.133. The fourth-order valence-electron chi connectivity index (χ4n) is 4.32. The van der Waals surface area contributed by atoms with Crippen LogP contribution in [0.1, 0.15) is 29.7 Å². The molecule has 0 amide bonds. The van der Waals surface area contributed by atoms with Crippen molar-refractivity contribution in [1.82, 2.24) is 4.57 Å². The van der Waals surface area contributed by atoms with Crippen LogP contribution in [0.3, 0.4) is 0 Å². The second-order valence-corrected chi connectivity index (χ2v) is 9.37. The zero-order valence-corrected chi connectivity index (χ0v) is 21.4. The molecule has 0 radical (unpaired) electrons. The number of esters is 1. The standard InChI is InChI=1S/C30H23N3O4S/c1-2-36-29(35)25-26(21-9-5-3-6-10-21)32-30-33(27(25)22-11-7-4-8-12-22)28(34)24(38-30)19-20-13-15-23(16-14-20)37-18-17-31/h3-16,19,27H,2,18H2,1H3/b24-19-/t27-/m0/s1. The Morgan fingerprint density at radius 3 is 2.39 bits per heavy atom. The minimum absolute atomic E-state index is 0.0377. The van der Waals surface area contributed by atoms with Gasteiger partial charge in [-0.25, -0.2) is 9.79 Å². The predicted octanol–water partition coefficient (Wildman–Crippen LogP) is 3.84. The third-order valence-electron chi connectivity index (χ3n) is 5.97. The lowest BCUT2D eigenvalue weighted by molar-refractivity contribution is -0.138. The Hall–Kier alpha value is -4.74. The number of benzene rings is 3. The monoisotopic (exact) mass is 521 g/mol. The molecule has 3 aromatic carbocycles. The lowest BCUT2D eigenvalue weighted by Gasteiger charge is -2.25. The van der Waals surface area contributed by atoms with Gasteiger partial charge < -0.3 is 9.47 Å². The highest BCUT2D eigenvalue weighted by molar-refractivity contribution is 7.07. The van der Waals surface area contributed by atoms with Crippen LogP contribution in [0.15, 0.2) is 100 Å². The number of hydrogen-bond acceptors (Lipinski definition) is 7. The molecule has 38 heavy (non-hydrogen) atoms. The van der Waals surface area contributed by atoms with Gasteiger partial charge in [0.2, 0.25) is 0 Å². The van der Waals surface area contributed by atoms with E-state index in [0.29, 0.717) is 26.4 Å². The van der Waals surface area contributed by atoms with Crippen molar-refractivity contribution in [1.29, 1.82) is 5.26 Å². The van der Waals surface area contributed by atoms with Gasteiger partial charge in [0.1, 0.15) is 11.8 Å². The highest BCUT2D eigenvalue weighted by Gasteiger charge is 2.35. The first-order valence-electron chi connectivity index (χ1n) is 12.0. The Bertz CT molecular complexity index is 1710. The molecule has 0 bridgehead atoms. The smallest absolute Gasteiger partial charge is 0.338 e.